The molecule has 0 spiro atoms. The van der Waals surface area contributed by atoms with Crippen molar-refractivity contribution in [3.63, 3.8) is 0 Å². The number of aliphatic imine (C=N–C) groups is 2. The molecular formula is C20H24N8O3. The molecule has 1 saturated heterocycles. The Kier molecular flexibility index (Phi) is 4.27. The van der Waals surface area contributed by atoms with E-state index in [0.717, 1.165) is 11.3 Å². The number of primary amides is 1. The number of benzene rings is 1. The SMILES string of the molecule is C[C@@]12C[C@@H](c3ccccc3O1)[C@H](C(N)=O)C(=O)N2CCNC1=C2NC=NC2N=C(N)N1. The minimum atomic E-state index is -0.926. The molecule has 4 aliphatic rings. The van der Waals surface area contributed by atoms with Gasteiger partial charge in [-0.25, -0.2) is 9.98 Å². The Bertz CT molecular complexity index is 1050. The van der Waals surface area contributed by atoms with Crippen molar-refractivity contribution in [1.82, 2.24) is 20.9 Å². The zero-order valence-electron chi connectivity index (χ0n) is 17.0. The van der Waals surface area contributed by atoms with Crippen LogP contribution in [-0.4, -0.2) is 54.0 Å². The average molecular weight is 424 g/mol. The first kappa shape index (κ1) is 19.2. The van der Waals surface area contributed by atoms with E-state index in [2.05, 4.69) is 25.9 Å². The van der Waals surface area contributed by atoms with Crippen molar-refractivity contribution in [1.29, 1.82) is 0 Å². The molecule has 0 aliphatic carbocycles. The van der Waals surface area contributed by atoms with Gasteiger partial charge in [0, 0.05) is 25.4 Å². The maximum Gasteiger partial charge on any atom is 0.238 e. The van der Waals surface area contributed by atoms with E-state index < -0.39 is 23.7 Å². The summed E-state index contributed by atoms with van der Waals surface area (Å²) in [5, 5.41) is 9.26. The van der Waals surface area contributed by atoms with Crippen LogP contribution >= 0.6 is 0 Å². The van der Waals surface area contributed by atoms with Crippen molar-refractivity contribution in [2.45, 2.75) is 31.2 Å². The second kappa shape index (κ2) is 6.89. The third kappa shape index (κ3) is 3.04. The Balaban J connectivity index is 1.37. The Morgan fingerprint density at radius 3 is 3.03 bits per heavy atom. The molecule has 31 heavy (non-hydrogen) atoms. The van der Waals surface area contributed by atoms with Gasteiger partial charge in [-0.1, -0.05) is 18.2 Å². The minimum Gasteiger partial charge on any atom is -0.468 e. The summed E-state index contributed by atoms with van der Waals surface area (Å²) in [7, 11) is 0. The molecule has 11 heteroatoms. The number of carbonyl (C=O) groups is 2. The lowest BCUT2D eigenvalue weighted by atomic mass is 9.73. The van der Waals surface area contributed by atoms with Gasteiger partial charge in [0.1, 0.15) is 23.2 Å². The maximum absolute atomic E-state index is 13.3. The highest BCUT2D eigenvalue weighted by Gasteiger charge is 2.55. The van der Waals surface area contributed by atoms with Gasteiger partial charge in [-0.3, -0.25) is 9.59 Å². The molecule has 0 radical (unpaired) electrons. The molecular weight excluding hydrogens is 400 g/mol. The number of ether oxygens (including phenoxy) is 1. The first-order valence-electron chi connectivity index (χ1n) is 10.1. The molecule has 162 valence electrons. The van der Waals surface area contributed by atoms with Crippen LogP contribution in [0.1, 0.15) is 24.8 Å². The number of nitrogens with zero attached hydrogens (tertiary/aromatic N) is 3. The number of rotatable bonds is 5. The summed E-state index contributed by atoms with van der Waals surface area (Å²) in [6, 6.07) is 7.49. The molecule has 1 aromatic rings. The first-order valence-corrected chi connectivity index (χ1v) is 10.1. The van der Waals surface area contributed by atoms with Gasteiger partial charge < -0.3 is 37.1 Å². The fraction of sp³-hybridized carbons (Fsp3) is 0.400. The second-order valence-corrected chi connectivity index (χ2v) is 8.15. The number of nitrogens with one attached hydrogen (secondary N) is 3. The van der Waals surface area contributed by atoms with Crippen LogP contribution in [0.3, 0.4) is 0 Å². The molecule has 1 unspecified atom stereocenters. The monoisotopic (exact) mass is 424 g/mol. The molecule has 0 aromatic heterocycles. The van der Waals surface area contributed by atoms with E-state index in [4.69, 9.17) is 16.2 Å². The van der Waals surface area contributed by atoms with Gasteiger partial charge in [0.05, 0.1) is 6.34 Å². The van der Waals surface area contributed by atoms with Crippen LogP contribution in [0.5, 0.6) is 5.75 Å². The van der Waals surface area contributed by atoms with Crippen LogP contribution < -0.4 is 32.2 Å². The number of hydrogen-bond donors (Lipinski definition) is 5. The van der Waals surface area contributed by atoms with Gasteiger partial charge in [0.15, 0.2) is 17.9 Å². The van der Waals surface area contributed by atoms with E-state index in [9.17, 15) is 9.59 Å². The number of piperidine rings is 1. The van der Waals surface area contributed by atoms with Crippen molar-refractivity contribution >= 4 is 24.1 Å². The standard InChI is InChI=1S/C20H24N8O3/c1-20-8-11(10-4-2-3-5-12(10)31-20)13(15(21)29)18(30)28(20)7-6-23-16-14-17(25-9-24-14)27-19(22)26-16/h2-5,9,11,13,17,23H,6-8H2,1H3,(H2,21,29)(H,24,25)(H3,22,26,27)/t11-,13+,17?,20-/m0/s1. The topological polar surface area (TPSA) is 159 Å². The van der Waals surface area contributed by atoms with Gasteiger partial charge in [-0.2, -0.15) is 0 Å². The fourth-order valence-electron chi connectivity index (χ4n) is 4.80. The van der Waals surface area contributed by atoms with E-state index in [1.807, 2.05) is 31.2 Å². The summed E-state index contributed by atoms with van der Waals surface area (Å²) in [5.41, 5.74) is 12.2. The number of para-hydroxylation sites is 1. The Morgan fingerprint density at radius 2 is 2.23 bits per heavy atom. The molecule has 4 heterocycles. The molecule has 0 saturated carbocycles. The molecule has 1 aromatic carbocycles. The van der Waals surface area contributed by atoms with Crippen LogP contribution in [0.15, 0.2) is 45.8 Å². The highest BCUT2D eigenvalue weighted by molar-refractivity contribution is 6.01. The van der Waals surface area contributed by atoms with Gasteiger partial charge >= 0.3 is 0 Å². The minimum absolute atomic E-state index is 0.252. The smallest absolute Gasteiger partial charge is 0.238 e. The van der Waals surface area contributed by atoms with Crippen molar-refractivity contribution in [2.24, 2.45) is 27.4 Å². The average Bonchev–Trinajstić information content (AvgIpc) is 3.18. The molecule has 2 amide bonds. The van der Waals surface area contributed by atoms with Crippen molar-refractivity contribution in [3.8, 4) is 5.75 Å². The van der Waals surface area contributed by atoms with Crippen molar-refractivity contribution in [2.75, 3.05) is 13.1 Å². The Hall–Kier alpha value is -3.76. The molecule has 1 fully saturated rings. The third-order valence-electron chi connectivity index (χ3n) is 6.17. The Labute approximate surface area is 178 Å². The zero-order valence-corrected chi connectivity index (χ0v) is 17.0. The van der Waals surface area contributed by atoms with Crippen LogP contribution in [0.4, 0.5) is 0 Å². The van der Waals surface area contributed by atoms with Gasteiger partial charge in [-0.05, 0) is 18.6 Å². The maximum atomic E-state index is 13.3. The summed E-state index contributed by atoms with van der Waals surface area (Å²) in [6.45, 7) is 2.56. The lowest BCUT2D eigenvalue weighted by Crippen LogP contribution is -2.65. The predicted molar refractivity (Wildman–Crippen MR) is 112 cm³/mol. The fourth-order valence-corrected chi connectivity index (χ4v) is 4.80. The van der Waals surface area contributed by atoms with E-state index in [-0.39, 0.29) is 17.8 Å². The van der Waals surface area contributed by atoms with Crippen molar-refractivity contribution in [3.05, 3.63) is 41.3 Å². The third-order valence-corrected chi connectivity index (χ3v) is 6.17. The molecule has 4 aliphatic heterocycles. The summed E-state index contributed by atoms with van der Waals surface area (Å²) in [5.74, 6) is -0.597. The molecule has 2 bridgehead atoms. The van der Waals surface area contributed by atoms with Gasteiger partial charge in [0.25, 0.3) is 0 Å². The highest BCUT2D eigenvalue weighted by atomic mass is 16.5. The molecule has 7 N–H and O–H groups in total. The summed E-state index contributed by atoms with van der Waals surface area (Å²) in [6.07, 6.45) is 1.65. The summed E-state index contributed by atoms with van der Waals surface area (Å²) in [4.78, 5) is 35.6. The Morgan fingerprint density at radius 1 is 1.42 bits per heavy atom. The normalized spacial score (nSPS) is 30.5. The largest absolute Gasteiger partial charge is 0.468 e. The number of likely N-dealkylation sites (tertiary alicyclic amines) is 1. The van der Waals surface area contributed by atoms with Gasteiger partial charge in [-0.15, -0.1) is 0 Å². The molecule has 11 nitrogen and oxygen atoms in total. The molecule has 5 rings (SSSR count). The predicted octanol–water partition coefficient (Wildman–Crippen LogP) is -1.15. The number of nitrogens with two attached hydrogens (primary N) is 2. The van der Waals surface area contributed by atoms with Crippen LogP contribution in [-0.2, 0) is 9.59 Å². The summed E-state index contributed by atoms with van der Waals surface area (Å²) >= 11 is 0. The van der Waals surface area contributed by atoms with Crippen LogP contribution in [0, 0.1) is 5.92 Å². The first-order chi connectivity index (χ1) is 14.9. The number of guanidine groups is 1. The number of amides is 2. The number of fused-ring (bicyclic) bond motifs is 5. The van der Waals surface area contributed by atoms with Crippen molar-refractivity contribution < 1.29 is 14.3 Å². The zero-order chi connectivity index (χ0) is 21.8. The van der Waals surface area contributed by atoms with E-state index in [1.165, 1.54) is 0 Å². The van der Waals surface area contributed by atoms with Crippen LogP contribution in [0.2, 0.25) is 0 Å². The van der Waals surface area contributed by atoms with E-state index in [1.54, 1.807) is 11.2 Å². The number of carbonyl (C=O) groups excluding carboxylic acids is 2. The summed E-state index contributed by atoms with van der Waals surface area (Å²) < 4.78 is 6.26. The lowest BCUT2D eigenvalue weighted by molar-refractivity contribution is -0.175. The van der Waals surface area contributed by atoms with Gasteiger partial charge in [0.2, 0.25) is 11.8 Å². The van der Waals surface area contributed by atoms with E-state index in [0.29, 0.717) is 31.1 Å². The van der Waals surface area contributed by atoms with Crippen LogP contribution in [0.25, 0.3) is 0 Å². The highest BCUT2D eigenvalue weighted by Crippen LogP contribution is 2.49. The second-order valence-electron chi connectivity index (χ2n) is 8.15. The number of hydrogen-bond acceptors (Lipinski definition) is 9. The quantitative estimate of drug-likeness (QED) is 0.373. The lowest BCUT2D eigenvalue weighted by Gasteiger charge is -2.52. The molecule has 4 atom stereocenters. The van der Waals surface area contributed by atoms with E-state index >= 15 is 0 Å².